The van der Waals surface area contributed by atoms with Crippen molar-refractivity contribution < 1.29 is 24.0 Å². The van der Waals surface area contributed by atoms with Crippen LogP contribution in [0.25, 0.3) is 0 Å². The van der Waals surface area contributed by atoms with Gasteiger partial charge in [0.15, 0.2) is 5.78 Å². The standard InChI is InChI=1S/C34H54N4O5.2C2H6/c1-7-9-10-11-15-20-26(23-25-18-13-12-14-19-25)35-33(43)37-30(34(4,5)6)32(42)38-22-16-21-28(38)31(41)36-27(17-8-2)29(40)24(3)39;2*1-2/h12-14,18-19,26-28,30H,7-11,15-17,20-23H2,1-6H3,(H,36,41)(H2,35,37,43);2*1-2H3/t26?,27?,28-,30?;;/m0../s1. The van der Waals surface area contributed by atoms with Crippen molar-refractivity contribution in [2.24, 2.45) is 5.41 Å². The van der Waals surface area contributed by atoms with Gasteiger partial charge in [0.2, 0.25) is 17.6 Å². The molecule has 9 heteroatoms. The van der Waals surface area contributed by atoms with Crippen LogP contribution in [0.1, 0.15) is 139 Å². The molecule has 9 nitrogen and oxygen atoms in total. The molecule has 1 aromatic carbocycles. The molecule has 1 aromatic rings. The van der Waals surface area contributed by atoms with Gasteiger partial charge in [-0.25, -0.2) is 4.79 Å². The minimum absolute atomic E-state index is 0.0839. The van der Waals surface area contributed by atoms with Gasteiger partial charge in [0.05, 0.1) is 6.04 Å². The molecule has 1 fully saturated rings. The van der Waals surface area contributed by atoms with Crippen molar-refractivity contribution in [1.29, 1.82) is 0 Å². The van der Waals surface area contributed by atoms with E-state index in [0.29, 0.717) is 38.6 Å². The Kier molecular flexibility index (Phi) is 22.3. The third kappa shape index (κ3) is 15.9. The molecule has 1 saturated heterocycles. The number of likely N-dealkylation sites (tertiary alicyclic amines) is 1. The SMILES string of the molecule is CC.CC.CCCCCCCC(Cc1ccccc1)NC(=O)NC(C(=O)N1CCC[C@H]1C(=O)NC(CCC)C(=O)C(C)=O)C(C)(C)C. The fourth-order valence-electron chi connectivity index (χ4n) is 5.66. The summed E-state index contributed by atoms with van der Waals surface area (Å²) in [5, 5.41) is 8.80. The van der Waals surface area contributed by atoms with E-state index in [1.54, 1.807) is 0 Å². The first kappa shape index (κ1) is 43.8. The summed E-state index contributed by atoms with van der Waals surface area (Å²) in [6.45, 7) is 19.3. The van der Waals surface area contributed by atoms with E-state index < -0.39 is 47.0 Å². The number of amides is 4. The van der Waals surface area contributed by atoms with E-state index >= 15 is 0 Å². The average Bonchev–Trinajstić information content (AvgIpc) is 3.55. The molecular formula is C38H66N4O5. The van der Waals surface area contributed by atoms with E-state index in [1.807, 2.05) is 73.6 Å². The molecule has 4 amide bonds. The third-order valence-corrected chi connectivity index (χ3v) is 8.10. The van der Waals surface area contributed by atoms with Gasteiger partial charge in [0, 0.05) is 19.5 Å². The Morgan fingerprint density at radius 2 is 1.45 bits per heavy atom. The molecular weight excluding hydrogens is 592 g/mol. The first-order valence-corrected chi connectivity index (χ1v) is 18.2. The Morgan fingerprint density at radius 3 is 2.00 bits per heavy atom. The van der Waals surface area contributed by atoms with Gasteiger partial charge in [-0.05, 0) is 43.1 Å². The van der Waals surface area contributed by atoms with Crippen molar-refractivity contribution in [1.82, 2.24) is 20.9 Å². The van der Waals surface area contributed by atoms with Crippen molar-refractivity contribution in [3.63, 3.8) is 0 Å². The first-order chi connectivity index (χ1) is 22.4. The average molecular weight is 659 g/mol. The summed E-state index contributed by atoms with van der Waals surface area (Å²) in [5.41, 5.74) is 0.517. The number of carbonyl (C=O) groups excluding carboxylic acids is 5. The molecule has 47 heavy (non-hydrogen) atoms. The summed E-state index contributed by atoms with van der Waals surface area (Å²) in [7, 11) is 0. The van der Waals surface area contributed by atoms with Crippen LogP contribution in [-0.4, -0.2) is 65.0 Å². The molecule has 1 heterocycles. The summed E-state index contributed by atoms with van der Waals surface area (Å²) < 4.78 is 0. The topological polar surface area (TPSA) is 125 Å². The molecule has 4 atom stereocenters. The maximum Gasteiger partial charge on any atom is 0.315 e. The molecule has 0 saturated carbocycles. The predicted molar refractivity (Wildman–Crippen MR) is 192 cm³/mol. The van der Waals surface area contributed by atoms with Crippen LogP contribution in [0.4, 0.5) is 4.79 Å². The largest absolute Gasteiger partial charge is 0.344 e. The van der Waals surface area contributed by atoms with Crippen molar-refractivity contribution >= 4 is 29.4 Å². The second-order valence-corrected chi connectivity index (χ2v) is 13.0. The first-order valence-electron chi connectivity index (χ1n) is 18.2. The maximum absolute atomic E-state index is 13.9. The summed E-state index contributed by atoms with van der Waals surface area (Å²) >= 11 is 0. The lowest BCUT2D eigenvalue weighted by Gasteiger charge is -2.36. The molecule has 0 aromatic heterocycles. The Hall–Kier alpha value is -3.23. The van der Waals surface area contributed by atoms with Gasteiger partial charge in [-0.1, -0.05) is 131 Å². The van der Waals surface area contributed by atoms with Crippen LogP contribution in [0, 0.1) is 5.41 Å². The highest BCUT2D eigenvalue weighted by atomic mass is 16.2. The number of nitrogens with one attached hydrogen (secondary N) is 3. The van der Waals surface area contributed by atoms with E-state index in [1.165, 1.54) is 31.1 Å². The second-order valence-electron chi connectivity index (χ2n) is 13.0. The molecule has 1 aliphatic rings. The van der Waals surface area contributed by atoms with Crippen LogP contribution in [0.2, 0.25) is 0 Å². The van der Waals surface area contributed by atoms with Gasteiger partial charge in [-0.3, -0.25) is 19.2 Å². The Labute approximate surface area is 285 Å². The second kappa shape index (κ2) is 24.0. The van der Waals surface area contributed by atoms with E-state index in [4.69, 9.17) is 0 Å². The number of ketones is 2. The van der Waals surface area contributed by atoms with Gasteiger partial charge in [0.1, 0.15) is 12.1 Å². The number of hydrogen-bond acceptors (Lipinski definition) is 5. The lowest BCUT2D eigenvalue weighted by atomic mass is 9.85. The van der Waals surface area contributed by atoms with Crippen LogP contribution >= 0.6 is 0 Å². The van der Waals surface area contributed by atoms with Crippen molar-refractivity contribution in [2.45, 2.75) is 164 Å². The van der Waals surface area contributed by atoms with E-state index in [2.05, 4.69) is 35.0 Å². The maximum atomic E-state index is 13.9. The highest BCUT2D eigenvalue weighted by Gasteiger charge is 2.42. The number of benzene rings is 1. The number of Topliss-reactive ketones (excluding diaryl/α,β-unsaturated/α-hetero) is 2. The minimum atomic E-state index is -0.904. The van der Waals surface area contributed by atoms with Crippen LogP contribution in [-0.2, 0) is 25.6 Å². The molecule has 1 aliphatic heterocycles. The molecule has 3 N–H and O–H groups in total. The number of carbonyl (C=O) groups is 5. The predicted octanol–water partition coefficient (Wildman–Crippen LogP) is 7.16. The van der Waals surface area contributed by atoms with E-state index in [0.717, 1.165) is 24.8 Å². The Bertz CT molecular complexity index is 1070. The fraction of sp³-hybridized carbons (Fsp3) is 0.711. The summed E-state index contributed by atoms with van der Waals surface area (Å²) in [5.74, 6) is -2.01. The summed E-state index contributed by atoms with van der Waals surface area (Å²) in [6, 6.07) is 7.03. The van der Waals surface area contributed by atoms with Crippen LogP contribution in [0.3, 0.4) is 0 Å². The smallest absolute Gasteiger partial charge is 0.315 e. The van der Waals surface area contributed by atoms with Gasteiger partial charge < -0.3 is 20.9 Å². The molecule has 0 bridgehead atoms. The van der Waals surface area contributed by atoms with Crippen LogP contribution in [0.5, 0.6) is 0 Å². The number of hydrogen-bond donors (Lipinski definition) is 3. The quantitative estimate of drug-likeness (QED) is 0.121. The Morgan fingerprint density at radius 1 is 0.830 bits per heavy atom. The summed E-state index contributed by atoms with van der Waals surface area (Å²) in [4.78, 5) is 66.2. The third-order valence-electron chi connectivity index (χ3n) is 8.10. The number of rotatable bonds is 17. The summed E-state index contributed by atoms with van der Waals surface area (Å²) in [6.07, 6.45) is 9.25. The molecule has 3 unspecified atom stereocenters. The highest BCUT2D eigenvalue weighted by Crippen LogP contribution is 2.26. The lowest BCUT2D eigenvalue weighted by molar-refractivity contribution is -0.143. The number of urea groups is 1. The van der Waals surface area contributed by atoms with Crippen molar-refractivity contribution in [2.75, 3.05) is 6.54 Å². The van der Waals surface area contributed by atoms with E-state index in [9.17, 15) is 24.0 Å². The molecule has 0 aliphatic carbocycles. The highest BCUT2D eigenvalue weighted by molar-refractivity contribution is 6.38. The van der Waals surface area contributed by atoms with Crippen molar-refractivity contribution in [3.8, 4) is 0 Å². The molecule has 2 rings (SSSR count). The zero-order valence-corrected chi connectivity index (χ0v) is 31.2. The number of nitrogens with zero attached hydrogens (tertiary/aromatic N) is 1. The van der Waals surface area contributed by atoms with Gasteiger partial charge >= 0.3 is 6.03 Å². The van der Waals surface area contributed by atoms with Crippen molar-refractivity contribution in [3.05, 3.63) is 35.9 Å². The molecule has 0 radical (unpaired) electrons. The van der Waals surface area contributed by atoms with E-state index in [-0.39, 0.29) is 11.9 Å². The normalized spacial score (nSPS) is 15.9. The fourth-order valence-corrected chi connectivity index (χ4v) is 5.66. The monoisotopic (exact) mass is 659 g/mol. The number of unbranched alkanes of at least 4 members (excludes halogenated alkanes) is 4. The van der Waals surface area contributed by atoms with Gasteiger partial charge in [-0.15, -0.1) is 0 Å². The molecule has 0 spiro atoms. The van der Waals surface area contributed by atoms with Gasteiger partial charge in [0.25, 0.3) is 0 Å². The Balaban J connectivity index is 0.00000508. The van der Waals surface area contributed by atoms with Crippen LogP contribution in [0.15, 0.2) is 30.3 Å². The zero-order chi connectivity index (χ0) is 36.0. The zero-order valence-electron chi connectivity index (χ0n) is 31.2. The van der Waals surface area contributed by atoms with Crippen LogP contribution < -0.4 is 16.0 Å². The molecule has 268 valence electrons. The minimum Gasteiger partial charge on any atom is -0.344 e. The lowest BCUT2D eigenvalue weighted by Crippen LogP contribution is -2.60. The van der Waals surface area contributed by atoms with Gasteiger partial charge in [-0.2, -0.15) is 0 Å².